The Labute approximate surface area is 149 Å². The number of hydrogen-bond donors (Lipinski definition) is 2. The molecule has 25 heavy (non-hydrogen) atoms. The third-order valence-electron chi connectivity index (χ3n) is 5.75. The minimum absolute atomic E-state index is 0.152. The van der Waals surface area contributed by atoms with Crippen molar-refractivity contribution in [3.8, 4) is 0 Å². The maximum atomic E-state index is 13.6. The molecule has 2 N–H and O–H groups in total. The van der Waals surface area contributed by atoms with Gasteiger partial charge in [0.25, 0.3) is 0 Å². The number of rotatable bonds is 5. The van der Waals surface area contributed by atoms with Crippen LogP contribution in [0.1, 0.15) is 57.3 Å². The Morgan fingerprint density at radius 1 is 1.08 bits per heavy atom. The highest BCUT2D eigenvalue weighted by molar-refractivity contribution is 6.58. The molecule has 0 amide bonds. The van der Waals surface area contributed by atoms with E-state index in [9.17, 15) is 14.4 Å². The molecule has 0 spiro atoms. The van der Waals surface area contributed by atoms with Crippen molar-refractivity contribution in [1.29, 1.82) is 0 Å². The summed E-state index contributed by atoms with van der Waals surface area (Å²) >= 11 is 0. The second kappa shape index (κ2) is 8.63. The second-order valence-corrected chi connectivity index (χ2v) is 7.48. The van der Waals surface area contributed by atoms with E-state index in [2.05, 4.69) is 6.92 Å². The van der Waals surface area contributed by atoms with Gasteiger partial charge in [0.15, 0.2) is 6.29 Å². The van der Waals surface area contributed by atoms with E-state index >= 15 is 0 Å². The Morgan fingerprint density at radius 3 is 2.36 bits per heavy atom. The molecule has 0 bridgehead atoms. The highest BCUT2D eigenvalue weighted by Gasteiger charge is 2.32. The summed E-state index contributed by atoms with van der Waals surface area (Å²) in [7, 11) is -1.84. The van der Waals surface area contributed by atoms with Gasteiger partial charge in [0, 0.05) is 16.9 Å². The molecule has 0 aromatic heterocycles. The van der Waals surface area contributed by atoms with Gasteiger partial charge in [-0.15, -0.1) is 0 Å². The fourth-order valence-corrected chi connectivity index (χ4v) is 4.25. The molecule has 0 unspecified atom stereocenters. The zero-order chi connectivity index (χ0) is 17.8. The summed E-state index contributed by atoms with van der Waals surface area (Å²) in [4.78, 5) is 0. The van der Waals surface area contributed by atoms with Crippen LogP contribution in [0.15, 0.2) is 18.2 Å². The normalized spacial score (nSPS) is 30.2. The summed E-state index contributed by atoms with van der Waals surface area (Å²) in [5.74, 6) is 1.33. The standard InChI is InChI=1S/C19H28BFO4/c1-2-3-13-4-6-14(7-5-13)16-11-24-19(25-12-16)15-8-9-18(21)17(10-15)20(22)23/h8-10,13-14,16,19,22-23H,2-7,11-12H2,1H3. The van der Waals surface area contributed by atoms with Gasteiger partial charge in [0.05, 0.1) is 13.2 Å². The monoisotopic (exact) mass is 350 g/mol. The molecule has 2 aliphatic rings. The van der Waals surface area contributed by atoms with Crippen LogP contribution < -0.4 is 5.46 Å². The van der Waals surface area contributed by atoms with E-state index in [1.807, 2.05) is 0 Å². The maximum absolute atomic E-state index is 13.6. The molecule has 0 radical (unpaired) electrons. The molecule has 1 saturated heterocycles. The fraction of sp³-hybridized carbons (Fsp3) is 0.684. The van der Waals surface area contributed by atoms with Gasteiger partial charge in [-0.1, -0.05) is 44.7 Å². The second-order valence-electron chi connectivity index (χ2n) is 7.48. The van der Waals surface area contributed by atoms with Crippen molar-refractivity contribution in [2.75, 3.05) is 13.2 Å². The van der Waals surface area contributed by atoms with Gasteiger partial charge in [-0.3, -0.25) is 0 Å². The van der Waals surface area contributed by atoms with E-state index in [4.69, 9.17) is 9.47 Å². The van der Waals surface area contributed by atoms with Crippen LogP contribution in [0.3, 0.4) is 0 Å². The first kappa shape index (κ1) is 18.8. The van der Waals surface area contributed by atoms with E-state index in [1.165, 1.54) is 50.7 Å². The molecule has 2 fully saturated rings. The molecule has 6 heteroatoms. The van der Waals surface area contributed by atoms with E-state index in [0.29, 0.717) is 30.6 Å². The van der Waals surface area contributed by atoms with Crippen molar-refractivity contribution in [2.24, 2.45) is 17.8 Å². The molecule has 0 atom stereocenters. The third-order valence-corrected chi connectivity index (χ3v) is 5.75. The van der Waals surface area contributed by atoms with Crippen LogP contribution in [0.2, 0.25) is 0 Å². The molecule has 1 aromatic rings. The lowest BCUT2D eigenvalue weighted by Crippen LogP contribution is -2.36. The molecule has 1 aliphatic heterocycles. The molecule has 1 aliphatic carbocycles. The SMILES string of the molecule is CCCC1CCC(C2COC(c3ccc(F)c(B(O)O)c3)OC2)CC1. The Morgan fingerprint density at radius 2 is 1.76 bits per heavy atom. The largest absolute Gasteiger partial charge is 0.491 e. The Bertz CT molecular complexity index is 552. The van der Waals surface area contributed by atoms with Crippen molar-refractivity contribution in [3.05, 3.63) is 29.6 Å². The third kappa shape index (κ3) is 4.62. The highest BCUT2D eigenvalue weighted by atomic mass is 19.1. The lowest BCUT2D eigenvalue weighted by Gasteiger charge is -2.38. The predicted molar refractivity (Wildman–Crippen MR) is 94.7 cm³/mol. The quantitative estimate of drug-likeness (QED) is 0.802. The first-order chi connectivity index (χ1) is 12.1. The number of ether oxygens (including phenoxy) is 2. The lowest BCUT2D eigenvalue weighted by molar-refractivity contribution is -0.214. The Kier molecular flexibility index (Phi) is 6.50. The fourth-order valence-electron chi connectivity index (χ4n) is 4.25. The van der Waals surface area contributed by atoms with Gasteiger partial charge in [-0.05, 0) is 30.7 Å². The molecule has 3 rings (SSSR count). The van der Waals surface area contributed by atoms with Crippen LogP contribution in [0.5, 0.6) is 0 Å². The van der Waals surface area contributed by atoms with Gasteiger partial charge in [-0.25, -0.2) is 4.39 Å². The van der Waals surface area contributed by atoms with Crippen LogP contribution in [0, 0.1) is 23.6 Å². The summed E-state index contributed by atoms with van der Waals surface area (Å²) in [5, 5.41) is 18.5. The number of benzene rings is 1. The molecular formula is C19H28BFO4. The summed E-state index contributed by atoms with van der Waals surface area (Å²) in [5.41, 5.74) is 0.468. The van der Waals surface area contributed by atoms with Crippen molar-refractivity contribution >= 4 is 12.6 Å². The zero-order valence-corrected chi connectivity index (χ0v) is 14.9. The van der Waals surface area contributed by atoms with E-state index in [1.54, 1.807) is 6.07 Å². The first-order valence-corrected chi connectivity index (χ1v) is 9.47. The first-order valence-electron chi connectivity index (χ1n) is 9.47. The summed E-state index contributed by atoms with van der Waals surface area (Å²) in [6.45, 7) is 3.54. The Balaban J connectivity index is 1.53. The smallest absolute Gasteiger partial charge is 0.423 e. The summed E-state index contributed by atoms with van der Waals surface area (Å²) in [6.07, 6.45) is 7.19. The minimum Gasteiger partial charge on any atom is -0.423 e. The molecular weight excluding hydrogens is 322 g/mol. The van der Waals surface area contributed by atoms with E-state index in [0.717, 1.165) is 5.92 Å². The van der Waals surface area contributed by atoms with Crippen molar-refractivity contribution in [1.82, 2.24) is 0 Å². The summed E-state index contributed by atoms with van der Waals surface area (Å²) in [6, 6.07) is 4.20. The van der Waals surface area contributed by atoms with Gasteiger partial charge >= 0.3 is 7.12 Å². The molecule has 138 valence electrons. The van der Waals surface area contributed by atoms with Crippen LogP contribution in [-0.4, -0.2) is 30.4 Å². The average molecular weight is 350 g/mol. The van der Waals surface area contributed by atoms with Gasteiger partial charge < -0.3 is 19.5 Å². The Hall–Kier alpha value is -0.945. The topological polar surface area (TPSA) is 58.9 Å². The van der Waals surface area contributed by atoms with Crippen LogP contribution >= 0.6 is 0 Å². The lowest BCUT2D eigenvalue weighted by atomic mass is 9.75. The van der Waals surface area contributed by atoms with E-state index < -0.39 is 19.2 Å². The van der Waals surface area contributed by atoms with E-state index in [-0.39, 0.29) is 5.46 Å². The average Bonchev–Trinajstić information content (AvgIpc) is 2.63. The summed E-state index contributed by atoms with van der Waals surface area (Å²) < 4.78 is 25.3. The molecule has 1 saturated carbocycles. The number of hydrogen-bond acceptors (Lipinski definition) is 4. The van der Waals surface area contributed by atoms with Crippen molar-refractivity contribution in [3.63, 3.8) is 0 Å². The number of halogens is 1. The van der Waals surface area contributed by atoms with Crippen molar-refractivity contribution < 1.29 is 23.9 Å². The molecule has 1 aromatic carbocycles. The van der Waals surface area contributed by atoms with Gasteiger partial charge in [0.1, 0.15) is 5.82 Å². The molecule has 1 heterocycles. The molecule has 4 nitrogen and oxygen atoms in total. The van der Waals surface area contributed by atoms with Crippen LogP contribution in [0.25, 0.3) is 0 Å². The van der Waals surface area contributed by atoms with Crippen molar-refractivity contribution in [2.45, 2.75) is 51.7 Å². The maximum Gasteiger partial charge on any atom is 0.491 e. The predicted octanol–water partition coefficient (Wildman–Crippen LogP) is 2.77. The zero-order valence-electron chi connectivity index (χ0n) is 14.9. The minimum atomic E-state index is -1.84. The van der Waals surface area contributed by atoms with Gasteiger partial charge in [-0.2, -0.15) is 0 Å². The van der Waals surface area contributed by atoms with Gasteiger partial charge in [0.2, 0.25) is 0 Å². The van der Waals surface area contributed by atoms with Crippen LogP contribution in [0.4, 0.5) is 4.39 Å². The van der Waals surface area contributed by atoms with Crippen LogP contribution in [-0.2, 0) is 9.47 Å². The highest BCUT2D eigenvalue weighted by Crippen LogP contribution is 2.38.